The summed E-state index contributed by atoms with van der Waals surface area (Å²) in [6, 6.07) is 0. The number of nitrogens with one attached hydrogen (secondary N) is 1. The molecule has 16 heavy (non-hydrogen) atoms. The number of ether oxygens (including phenoxy) is 1. The molecule has 0 aromatic carbocycles. The number of esters is 1. The highest BCUT2D eigenvalue weighted by molar-refractivity contribution is 5.78. The number of nitrogens with two attached hydrogens (primary N) is 1. The third-order valence-corrected chi connectivity index (χ3v) is 2.99. The van der Waals surface area contributed by atoms with E-state index in [9.17, 15) is 9.59 Å². The van der Waals surface area contributed by atoms with Crippen LogP contribution in [0.5, 0.6) is 0 Å². The van der Waals surface area contributed by atoms with E-state index in [1.807, 2.05) is 0 Å². The van der Waals surface area contributed by atoms with Crippen molar-refractivity contribution < 1.29 is 14.3 Å². The van der Waals surface area contributed by atoms with Crippen molar-refractivity contribution in [3.8, 4) is 0 Å². The van der Waals surface area contributed by atoms with E-state index in [0.29, 0.717) is 13.0 Å². The lowest BCUT2D eigenvalue weighted by molar-refractivity contribution is -0.140. The third kappa shape index (κ3) is 4.18. The van der Waals surface area contributed by atoms with Gasteiger partial charge in [0.05, 0.1) is 13.5 Å². The molecule has 5 heteroatoms. The Morgan fingerprint density at radius 1 is 1.38 bits per heavy atom. The van der Waals surface area contributed by atoms with Gasteiger partial charge in [-0.3, -0.25) is 9.59 Å². The Morgan fingerprint density at radius 2 is 2.00 bits per heavy atom. The zero-order valence-electron chi connectivity index (χ0n) is 9.75. The molecule has 0 saturated heterocycles. The molecule has 0 aromatic rings. The molecule has 92 valence electrons. The maximum absolute atomic E-state index is 11.5. The quantitative estimate of drug-likeness (QED) is 0.664. The summed E-state index contributed by atoms with van der Waals surface area (Å²) >= 11 is 0. The summed E-state index contributed by atoms with van der Waals surface area (Å²) in [5.74, 6) is -0.392. The lowest BCUT2D eigenvalue weighted by atomic mass is 9.94. The highest BCUT2D eigenvalue weighted by atomic mass is 16.5. The number of methoxy groups -OCH3 is 1. The van der Waals surface area contributed by atoms with Gasteiger partial charge in [0.25, 0.3) is 0 Å². The summed E-state index contributed by atoms with van der Waals surface area (Å²) in [6.45, 7) is 0.321. The van der Waals surface area contributed by atoms with Crippen molar-refractivity contribution >= 4 is 11.9 Å². The zero-order chi connectivity index (χ0) is 12.0. The molecular formula is C11H20N2O3. The van der Waals surface area contributed by atoms with E-state index in [0.717, 1.165) is 25.7 Å². The fourth-order valence-corrected chi connectivity index (χ4v) is 2.04. The molecule has 0 atom stereocenters. The van der Waals surface area contributed by atoms with Crippen LogP contribution in [0.4, 0.5) is 0 Å². The van der Waals surface area contributed by atoms with Crippen molar-refractivity contribution in [1.29, 1.82) is 0 Å². The molecule has 0 unspecified atom stereocenters. The van der Waals surface area contributed by atoms with Gasteiger partial charge in [-0.25, -0.2) is 0 Å². The molecule has 0 spiro atoms. The minimum atomic E-state index is -0.324. The van der Waals surface area contributed by atoms with Crippen LogP contribution in [0.2, 0.25) is 0 Å². The first-order chi connectivity index (χ1) is 7.56. The highest BCUT2D eigenvalue weighted by Crippen LogP contribution is 2.29. The van der Waals surface area contributed by atoms with Gasteiger partial charge < -0.3 is 15.8 Å². The first kappa shape index (κ1) is 13.0. The Morgan fingerprint density at radius 3 is 2.56 bits per heavy atom. The molecule has 5 nitrogen and oxygen atoms in total. The van der Waals surface area contributed by atoms with E-state index in [1.165, 1.54) is 7.11 Å². The number of carbonyl (C=O) groups excluding carboxylic acids is 2. The maximum Gasteiger partial charge on any atom is 0.307 e. The van der Waals surface area contributed by atoms with Crippen LogP contribution in [0, 0.1) is 0 Å². The second-order valence-electron chi connectivity index (χ2n) is 4.42. The topological polar surface area (TPSA) is 81.4 Å². The molecule has 1 amide bonds. The van der Waals surface area contributed by atoms with Crippen LogP contribution < -0.4 is 11.1 Å². The van der Waals surface area contributed by atoms with Gasteiger partial charge in [0, 0.05) is 18.5 Å². The molecule has 1 aliphatic carbocycles. The van der Waals surface area contributed by atoms with E-state index in [-0.39, 0.29) is 23.8 Å². The van der Waals surface area contributed by atoms with Gasteiger partial charge in [-0.1, -0.05) is 12.8 Å². The second kappa shape index (κ2) is 5.84. The monoisotopic (exact) mass is 228 g/mol. The van der Waals surface area contributed by atoms with E-state index in [4.69, 9.17) is 5.73 Å². The fraction of sp³-hybridized carbons (Fsp3) is 0.818. The lowest BCUT2D eigenvalue weighted by Crippen LogP contribution is -2.42. The largest absolute Gasteiger partial charge is 0.469 e. The molecule has 1 saturated carbocycles. The van der Waals surface area contributed by atoms with E-state index in [1.54, 1.807) is 0 Å². The molecule has 0 aliphatic heterocycles. The van der Waals surface area contributed by atoms with E-state index < -0.39 is 0 Å². The van der Waals surface area contributed by atoms with Gasteiger partial charge in [0.15, 0.2) is 0 Å². The molecule has 1 fully saturated rings. The number of rotatable bonds is 5. The van der Waals surface area contributed by atoms with Crippen LogP contribution in [-0.2, 0) is 14.3 Å². The van der Waals surface area contributed by atoms with Crippen molar-refractivity contribution in [2.75, 3.05) is 13.7 Å². The predicted octanol–water partition coefficient (Wildman–Crippen LogP) is 0.327. The third-order valence-electron chi connectivity index (χ3n) is 2.99. The molecule has 1 rings (SSSR count). The average Bonchev–Trinajstić information content (AvgIpc) is 2.64. The lowest BCUT2D eigenvalue weighted by Gasteiger charge is -2.22. The number of hydrogen-bond acceptors (Lipinski definition) is 4. The van der Waals surface area contributed by atoms with Crippen LogP contribution in [0.3, 0.4) is 0 Å². The van der Waals surface area contributed by atoms with Crippen LogP contribution in [0.1, 0.15) is 38.5 Å². The van der Waals surface area contributed by atoms with E-state index >= 15 is 0 Å². The van der Waals surface area contributed by atoms with Crippen LogP contribution in [0.15, 0.2) is 0 Å². The SMILES string of the molecule is COC(=O)CCNC(=O)CC1(N)CCCC1. The molecule has 3 N–H and O–H groups in total. The van der Waals surface area contributed by atoms with Crippen molar-refractivity contribution in [2.45, 2.75) is 44.1 Å². The van der Waals surface area contributed by atoms with Crippen LogP contribution in [-0.4, -0.2) is 31.1 Å². The highest BCUT2D eigenvalue weighted by Gasteiger charge is 2.31. The van der Waals surface area contributed by atoms with E-state index in [2.05, 4.69) is 10.1 Å². The Kier molecular flexibility index (Phi) is 4.73. The van der Waals surface area contributed by atoms with Gasteiger partial charge in [0.2, 0.25) is 5.91 Å². The number of amides is 1. The molecular weight excluding hydrogens is 208 g/mol. The summed E-state index contributed by atoms with van der Waals surface area (Å²) in [4.78, 5) is 22.3. The Bertz CT molecular complexity index is 260. The van der Waals surface area contributed by atoms with Crippen LogP contribution in [0.25, 0.3) is 0 Å². The molecule has 0 bridgehead atoms. The standard InChI is InChI=1S/C11H20N2O3/c1-16-10(15)4-7-13-9(14)8-11(12)5-2-3-6-11/h2-8,12H2,1H3,(H,13,14). The summed E-state index contributed by atoms with van der Waals surface area (Å²) < 4.78 is 4.47. The minimum absolute atomic E-state index is 0.0756. The van der Waals surface area contributed by atoms with Crippen molar-refractivity contribution in [3.63, 3.8) is 0 Å². The molecule has 0 aromatic heterocycles. The first-order valence-electron chi connectivity index (χ1n) is 5.68. The summed E-state index contributed by atoms with van der Waals surface area (Å²) in [5.41, 5.74) is 5.74. The van der Waals surface area contributed by atoms with Crippen molar-refractivity contribution in [3.05, 3.63) is 0 Å². The van der Waals surface area contributed by atoms with Gasteiger partial charge >= 0.3 is 5.97 Å². The molecule has 1 aliphatic rings. The van der Waals surface area contributed by atoms with Crippen molar-refractivity contribution in [2.24, 2.45) is 5.73 Å². The van der Waals surface area contributed by atoms with Gasteiger partial charge in [-0.15, -0.1) is 0 Å². The normalized spacial score (nSPS) is 18.1. The van der Waals surface area contributed by atoms with Gasteiger partial charge in [-0.2, -0.15) is 0 Å². The Balaban J connectivity index is 2.18. The van der Waals surface area contributed by atoms with Crippen LogP contribution >= 0.6 is 0 Å². The molecule has 0 radical (unpaired) electrons. The molecule has 0 heterocycles. The smallest absolute Gasteiger partial charge is 0.307 e. The van der Waals surface area contributed by atoms with Gasteiger partial charge in [-0.05, 0) is 12.8 Å². The maximum atomic E-state index is 11.5. The summed E-state index contributed by atoms with van der Waals surface area (Å²) in [5, 5.41) is 2.68. The first-order valence-corrected chi connectivity index (χ1v) is 5.68. The Labute approximate surface area is 95.7 Å². The zero-order valence-corrected chi connectivity index (χ0v) is 9.75. The second-order valence-corrected chi connectivity index (χ2v) is 4.42. The van der Waals surface area contributed by atoms with Gasteiger partial charge in [0.1, 0.15) is 0 Å². The Hall–Kier alpha value is -1.10. The summed E-state index contributed by atoms with van der Waals surface area (Å²) in [7, 11) is 1.33. The fourth-order valence-electron chi connectivity index (χ4n) is 2.04. The number of hydrogen-bond donors (Lipinski definition) is 2. The van der Waals surface area contributed by atoms with Crippen molar-refractivity contribution in [1.82, 2.24) is 5.32 Å². The average molecular weight is 228 g/mol. The number of carbonyl (C=O) groups is 2. The summed E-state index contributed by atoms with van der Waals surface area (Å²) in [6.07, 6.45) is 4.60. The minimum Gasteiger partial charge on any atom is -0.469 e. The predicted molar refractivity (Wildman–Crippen MR) is 59.6 cm³/mol.